The Bertz CT molecular complexity index is 524. The predicted molar refractivity (Wildman–Crippen MR) is 60.9 cm³/mol. The zero-order valence-corrected chi connectivity index (χ0v) is 9.61. The van der Waals surface area contributed by atoms with Crippen LogP contribution in [0.3, 0.4) is 0 Å². The Balaban J connectivity index is 1.62. The number of carbonyl (C=O) groups excluding carboxylic acids is 2. The second kappa shape index (κ2) is 3.49. The summed E-state index contributed by atoms with van der Waals surface area (Å²) >= 11 is 0. The smallest absolute Gasteiger partial charge is 0.218 e. The first-order valence-corrected chi connectivity index (χ1v) is 6.17. The van der Waals surface area contributed by atoms with Crippen LogP contribution in [0.5, 0.6) is 0 Å². The van der Waals surface area contributed by atoms with Gasteiger partial charge in [-0.1, -0.05) is 30.3 Å². The van der Waals surface area contributed by atoms with Gasteiger partial charge >= 0.3 is 0 Å². The molecule has 1 aromatic carbocycles. The zero-order chi connectivity index (χ0) is 12.3. The molecule has 0 amide bonds. The number of ether oxygens (including phenoxy) is 2. The monoisotopic (exact) mass is 244 g/mol. The first kappa shape index (κ1) is 10.4. The molecule has 1 saturated carbocycles. The van der Waals surface area contributed by atoms with Crippen LogP contribution in [0.15, 0.2) is 30.3 Å². The van der Waals surface area contributed by atoms with Crippen molar-refractivity contribution in [2.45, 2.75) is 12.4 Å². The molecular formula is C14H12O4. The van der Waals surface area contributed by atoms with Crippen molar-refractivity contribution in [1.29, 1.82) is 0 Å². The van der Waals surface area contributed by atoms with Crippen LogP contribution >= 0.6 is 0 Å². The summed E-state index contributed by atoms with van der Waals surface area (Å²) in [4.78, 5) is 24.3. The van der Waals surface area contributed by atoms with Crippen molar-refractivity contribution in [2.75, 3.05) is 6.61 Å². The molecule has 4 heteroatoms. The molecule has 3 aliphatic rings. The summed E-state index contributed by atoms with van der Waals surface area (Å²) in [6.45, 7) is 0.441. The lowest BCUT2D eigenvalue weighted by molar-refractivity contribution is -0.153. The number of ketones is 2. The molecule has 0 N–H and O–H groups in total. The largest absolute Gasteiger partial charge is 0.343 e. The molecule has 2 bridgehead atoms. The Hall–Kier alpha value is -1.52. The van der Waals surface area contributed by atoms with Gasteiger partial charge in [-0.05, 0) is 0 Å². The molecule has 0 spiro atoms. The van der Waals surface area contributed by atoms with Crippen LogP contribution in [-0.4, -0.2) is 30.6 Å². The van der Waals surface area contributed by atoms with E-state index in [1.807, 2.05) is 18.2 Å². The molecule has 1 aromatic rings. The first-order chi connectivity index (χ1) is 8.77. The molecule has 18 heavy (non-hydrogen) atoms. The molecule has 2 heterocycles. The van der Waals surface area contributed by atoms with Gasteiger partial charge in [0.15, 0.2) is 11.6 Å². The van der Waals surface area contributed by atoms with E-state index in [1.54, 1.807) is 12.1 Å². The standard InChI is InChI=1S/C14H12O4/c15-12(7-4-2-1-3-5-7)10-9-8-6-17-14(18-8)13(16)11(9)10/h1-5,8-11,14H,6H2/t8-,9+,10+,11-,14+/m1/s1. The third-order valence-corrected chi connectivity index (χ3v) is 4.14. The Morgan fingerprint density at radius 2 is 2.00 bits per heavy atom. The maximum absolute atomic E-state index is 12.3. The second-order valence-electron chi connectivity index (χ2n) is 5.10. The molecular weight excluding hydrogens is 232 g/mol. The van der Waals surface area contributed by atoms with Crippen LogP contribution in [-0.2, 0) is 14.3 Å². The highest BCUT2D eigenvalue weighted by Gasteiger charge is 2.68. The van der Waals surface area contributed by atoms with Gasteiger partial charge in [-0.2, -0.15) is 0 Å². The number of benzene rings is 1. The van der Waals surface area contributed by atoms with E-state index in [9.17, 15) is 9.59 Å². The lowest BCUT2D eigenvalue weighted by atomic mass is 10.0. The highest BCUT2D eigenvalue weighted by Crippen LogP contribution is 2.57. The van der Waals surface area contributed by atoms with Crippen LogP contribution in [0, 0.1) is 17.8 Å². The van der Waals surface area contributed by atoms with Crippen LogP contribution in [0.4, 0.5) is 0 Å². The molecule has 0 unspecified atom stereocenters. The van der Waals surface area contributed by atoms with Crippen LogP contribution in [0.2, 0.25) is 0 Å². The van der Waals surface area contributed by atoms with Crippen LogP contribution in [0.1, 0.15) is 10.4 Å². The number of hydrogen-bond acceptors (Lipinski definition) is 4. The van der Waals surface area contributed by atoms with E-state index in [-0.39, 0.29) is 35.4 Å². The Labute approximate surface area is 104 Å². The van der Waals surface area contributed by atoms with Crippen molar-refractivity contribution < 1.29 is 19.1 Å². The topological polar surface area (TPSA) is 52.6 Å². The number of fused-ring (bicyclic) bond motifs is 4. The lowest BCUT2D eigenvalue weighted by Gasteiger charge is -2.14. The van der Waals surface area contributed by atoms with Crippen molar-refractivity contribution in [3.63, 3.8) is 0 Å². The summed E-state index contributed by atoms with van der Waals surface area (Å²) in [6, 6.07) is 9.15. The number of carbonyl (C=O) groups is 2. The summed E-state index contributed by atoms with van der Waals surface area (Å²) < 4.78 is 10.7. The van der Waals surface area contributed by atoms with E-state index in [4.69, 9.17) is 9.47 Å². The van der Waals surface area contributed by atoms with Gasteiger partial charge in [0.25, 0.3) is 0 Å². The van der Waals surface area contributed by atoms with E-state index >= 15 is 0 Å². The van der Waals surface area contributed by atoms with Crippen molar-refractivity contribution in [2.24, 2.45) is 17.8 Å². The molecule has 4 rings (SSSR count). The summed E-state index contributed by atoms with van der Waals surface area (Å²) in [5, 5.41) is 0. The molecule has 4 nitrogen and oxygen atoms in total. The van der Waals surface area contributed by atoms with E-state index in [1.165, 1.54) is 0 Å². The molecule has 1 aliphatic carbocycles. The fraction of sp³-hybridized carbons (Fsp3) is 0.429. The summed E-state index contributed by atoms with van der Waals surface area (Å²) in [6.07, 6.45) is -0.791. The number of hydrogen-bond donors (Lipinski definition) is 0. The van der Waals surface area contributed by atoms with Crippen molar-refractivity contribution in [3.05, 3.63) is 35.9 Å². The number of Topliss-reactive ketones (excluding diaryl/α,β-unsaturated/α-hetero) is 2. The fourth-order valence-electron chi connectivity index (χ4n) is 3.22. The maximum Gasteiger partial charge on any atom is 0.218 e. The molecule has 92 valence electrons. The minimum Gasteiger partial charge on any atom is -0.343 e. The third kappa shape index (κ3) is 1.27. The van der Waals surface area contributed by atoms with Gasteiger partial charge in [0.05, 0.1) is 12.7 Å². The predicted octanol–water partition coefficient (Wildman–Crippen LogP) is 1.06. The zero-order valence-electron chi connectivity index (χ0n) is 9.61. The average Bonchev–Trinajstić information content (AvgIpc) is 3.02. The second-order valence-corrected chi connectivity index (χ2v) is 5.10. The minimum absolute atomic E-state index is 0.0314. The average molecular weight is 244 g/mol. The molecule has 2 aliphatic heterocycles. The Morgan fingerprint density at radius 3 is 2.78 bits per heavy atom. The normalized spacial score (nSPS) is 40.4. The molecule has 2 saturated heterocycles. The van der Waals surface area contributed by atoms with Gasteiger partial charge in [-0.3, -0.25) is 9.59 Å². The Morgan fingerprint density at radius 1 is 1.22 bits per heavy atom. The van der Waals surface area contributed by atoms with E-state index in [0.717, 1.165) is 0 Å². The first-order valence-electron chi connectivity index (χ1n) is 6.17. The number of rotatable bonds is 2. The molecule has 3 fully saturated rings. The highest BCUT2D eigenvalue weighted by molar-refractivity contribution is 6.05. The van der Waals surface area contributed by atoms with Crippen LogP contribution in [0.25, 0.3) is 0 Å². The minimum atomic E-state index is -0.718. The van der Waals surface area contributed by atoms with E-state index in [2.05, 4.69) is 0 Å². The van der Waals surface area contributed by atoms with Gasteiger partial charge < -0.3 is 9.47 Å². The molecule has 5 atom stereocenters. The van der Waals surface area contributed by atoms with E-state index in [0.29, 0.717) is 12.2 Å². The Kier molecular flexibility index (Phi) is 2.02. The summed E-state index contributed by atoms with van der Waals surface area (Å²) in [7, 11) is 0. The van der Waals surface area contributed by atoms with Gasteiger partial charge in [0.2, 0.25) is 6.29 Å². The van der Waals surface area contributed by atoms with Crippen molar-refractivity contribution in [1.82, 2.24) is 0 Å². The molecule has 0 aromatic heterocycles. The summed E-state index contributed by atoms with van der Waals surface area (Å²) in [5.41, 5.74) is 0.682. The highest BCUT2D eigenvalue weighted by atomic mass is 16.7. The molecule has 0 radical (unpaired) electrons. The fourth-order valence-corrected chi connectivity index (χ4v) is 3.22. The van der Waals surface area contributed by atoms with Gasteiger partial charge in [-0.25, -0.2) is 0 Å². The van der Waals surface area contributed by atoms with Gasteiger partial charge in [0, 0.05) is 23.3 Å². The SMILES string of the molecule is O=C(c1ccccc1)[C@@H]1[C@@H]2C(=O)[C@H]3OC[C@@H](O3)[C@@H]12. The third-order valence-electron chi connectivity index (χ3n) is 4.14. The summed E-state index contributed by atoms with van der Waals surface area (Å²) in [5.74, 6) is -0.329. The lowest BCUT2D eigenvalue weighted by Crippen LogP contribution is -2.30. The van der Waals surface area contributed by atoms with Gasteiger partial charge in [-0.15, -0.1) is 0 Å². The van der Waals surface area contributed by atoms with E-state index < -0.39 is 6.29 Å². The van der Waals surface area contributed by atoms with Crippen LogP contribution < -0.4 is 0 Å². The quantitative estimate of drug-likeness (QED) is 0.730. The van der Waals surface area contributed by atoms with Gasteiger partial charge in [0.1, 0.15) is 0 Å². The van der Waals surface area contributed by atoms with Crippen molar-refractivity contribution in [3.8, 4) is 0 Å². The van der Waals surface area contributed by atoms with Crippen molar-refractivity contribution >= 4 is 11.6 Å². The maximum atomic E-state index is 12.3.